The van der Waals surface area contributed by atoms with Crippen molar-refractivity contribution in [1.82, 2.24) is 25.4 Å². The molecule has 2 saturated heterocycles. The standard InChI is InChI=1S/C25H36ClN7O2/c1-25(2)13-21(25)28-22(34)20-14-33(18-9-11-32(12-10-18)24-29-23(27)30-31-24)19(15-35-20)8-5-16-3-6-17(26)7-4-16/h3-4,6-7,18-21H,5,8-15H2,1-2H3,(H,28,34)(H3,27,29,30,31)/t19-,20+,21?/m0/s1. The van der Waals surface area contributed by atoms with E-state index >= 15 is 0 Å². The largest absolute Gasteiger partial charge is 0.368 e. The van der Waals surface area contributed by atoms with Gasteiger partial charge in [0.15, 0.2) is 0 Å². The van der Waals surface area contributed by atoms with Crippen LogP contribution in [0, 0.1) is 5.41 Å². The van der Waals surface area contributed by atoms with Crippen LogP contribution in [0.15, 0.2) is 24.3 Å². The fourth-order valence-electron chi connectivity index (χ4n) is 5.34. The molecule has 4 N–H and O–H groups in total. The predicted molar refractivity (Wildman–Crippen MR) is 136 cm³/mol. The number of piperidine rings is 1. The lowest BCUT2D eigenvalue weighted by Crippen LogP contribution is -2.59. The van der Waals surface area contributed by atoms with Gasteiger partial charge in [-0.1, -0.05) is 37.6 Å². The number of benzene rings is 1. The van der Waals surface area contributed by atoms with Gasteiger partial charge in [-0.15, -0.1) is 5.10 Å². The number of H-pyrrole nitrogens is 1. The molecule has 2 aliphatic heterocycles. The minimum atomic E-state index is -0.427. The molecule has 190 valence electrons. The lowest BCUT2D eigenvalue weighted by atomic mass is 9.96. The highest BCUT2D eigenvalue weighted by molar-refractivity contribution is 6.30. The highest BCUT2D eigenvalue weighted by Gasteiger charge is 2.48. The van der Waals surface area contributed by atoms with Gasteiger partial charge in [-0.05, 0) is 55.2 Å². The summed E-state index contributed by atoms with van der Waals surface area (Å²) in [5.74, 6) is 1.02. The molecule has 1 aromatic heterocycles. The molecule has 10 heteroatoms. The van der Waals surface area contributed by atoms with Gasteiger partial charge in [0.1, 0.15) is 6.10 Å². The molecule has 3 atom stereocenters. The van der Waals surface area contributed by atoms with Gasteiger partial charge in [0.25, 0.3) is 5.91 Å². The molecule has 3 heterocycles. The number of aromatic amines is 1. The second-order valence-corrected chi connectivity index (χ2v) is 11.3. The van der Waals surface area contributed by atoms with E-state index in [-0.39, 0.29) is 23.4 Å². The molecule has 2 aromatic rings. The number of aromatic nitrogens is 3. The summed E-state index contributed by atoms with van der Waals surface area (Å²) < 4.78 is 6.15. The molecule has 5 rings (SSSR count). The van der Waals surface area contributed by atoms with E-state index in [4.69, 9.17) is 22.1 Å². The van der Waals surface area contributed by atoms with E-state index < -0.39 is 6.10 Å². The number of nitrogen functional groups attached to an aromatic ring is 1. The number of nitrogens with zero attached hydrogens (tertiary/aromatic N) is 4. The molecule has 0 spiro atoms. The Morgan fingerprint density at radius 1 is 1.29 bits per heavy atom. The number of anilines is 2. The highest BCUT2D eigenvalue weighted by atomic mass is 35.5. The van der Waals surface area contributed by atoms with Crippen molar-refractivity contribution in [2.45, 2.75) is 70.2 Å². The van der Waals surface area contributed by atoms with Crippen LogP contribution in [0.2, 0.25) is 5.02 Å². The summed E-state index contributed by atoms with van der Waals surface area (Å²) in [6.45, 7) is 7.29. The van der Waals surface area contributed by atoms with E-state index in [1.165, 1.54) is 5.56 Å². The number of hydrogen-bond acceptors (Lipinski definition) is 7. The monoisotopic (exact) mass is 501 g/mol. The fraction of sp³-hybridized carbons (Fsp3) is 0.640. The van der Waals surface area contributed by atoms with Gasteiger partial charge in [-0.2, -0.15) is 4.98 Å². The van der Waals surface area contributed by atoms with E-state index in [1.807, 2.05) is 12.1 Å². The van der Waals surface area contributed by atoms with Gasteiger partial charge in [0, 0.05) is 42.8 Å². The summed E-state index contributed by atoms with van der Waals surface area (Å²) in [5, 5.41) is 10.9. The van der Waals surface area contributed by atoms with Crippen molar-refractivity contribution >= 4 is 29.4 Å². The van der Waals surface area contributed by atoms with Gasteiger partial charge in [-0.3, -0.25) is 9.69 Å². The summed E-state index contributed by atoms with van der Waals surface area (Å²) in [7, 11) is 0. The Kier molecular flexibility index (Phi) is 6.92. The number of rotatable bonds is 7. The molecule has 0 bridgehead atoms. The van der Waals surface area contributed by atoms with E-state index in [1.54, 1.807) is 0 Å². The van der Waals surface area contributed by atoms with Crippen LogP contribution in [0.5, 0.6) is 0 Å². The summed E-state index contributed by atoms with van der Waals surface area (Å²) in [4.78, 5) is 22.0. The number of carbonyl (C=O) groups excluding carboxylic acids is 1. The lowest BCUT2D eigenvalue weighted by Gasteiger charge is -2.46. The van der Waals surface area contributed by atoms with Crippen molar-refractivity contribution in [2.24, 2.45) is 5.41 Å². The highest BCUT2D eigenvalue weighted by Crippen LogP contribution is 2.44. The van der Waals surface area contributed by atoms with Crippen LogP contribution in [0.3, 0.4) is 0 Å². The molecule has 0 radical (unpaired) electrons. The molecule has 1 aromatic carbocycles. The number of morpholine rings is 1. The maximum absolute atomic E-state index is 13.0. The van der Waals surface area contributed by atoms with Crippen LogP contribution in [-0.2, 0) is 16.0 Å². The molecule has 1 saturated carbocycles. The first-order chi connectivity index (χ1) is 16.8. The van der Waals surface area contributed by atoms with Gasteiger partial charge >= 0.3 is 0 Å². The van der Waals surface area contributed by atoms with E-state index in [2.05, 4.69) is 56.3 Å². The van der Waals surface area contributed by atoms with E-state index in [0.717, 1.165) is 50.2 Å². The zero-order valence-corrected chi connectivity index (χ0v) is 21.3. The third kappa shape index (κ3) is 5.73. The van der Waals surface area contributed by atoms with Crippen LogP contribution in [0.4, 0.5) is 11.9 Å². The zero-order chi connectivity index (χ0) is 24.6. The van der Waals surface area contributed by atoms with Crippen LogP contribution >= 0.6 is 11.6 Å². The molecule has 1 unspecified atom stereocenters. The topological polar surface area (TPSA) is 112 Å². The SMILES string of the molecule is CC1(C)CC1NC(=O)[C@H]1CN(C2CCN(c3n[nH]c(N)n3)CC2)[C@@H](CCc2ccc(Cl)cc2)CO1. The molecular weight excluding hydrogens is 466 g/mol. The average Bonchev–Trinajstić information content (AvgIpc) is 3.22. The number of ether oxygens (including phenoxy) is 1. The van der Waals surface area contributed by atoms with Gasteiger partial charge in [0.05, 0.1) is 6.61 Å². The van der Waals surface area contributed by atoms with Gasteiger partial charge < -0.3 is 20.7 Å². The molecule has 3 aliphatic rings. The number of nitrogens with two attached hydrogens (primary N) is 1. The average molecular weight is 502 g/mol. The summed E-state index contributed by atoms with van der Waals surface area (Å²) in [6, 6.07) is 8.97. The van der Waals surface area contributed by atoms with Crippen LogP contribution in [0.25, 0.3) is 0 Å². The quantitative estimate of drug-likeness (QED) is 0.534. The third-order valence-electron chi connectivity index (χ3n) is 7.84. The normalized spacial score (nSPS) is 27.1. The maximum atomic E-state index is 13.0. The van der Waals surface area contributed by atoms with Crippen LogP contribution < -0.4 is 16.0 Å². The molecule has 1 aliphatic carbocycles. The van der Waals surface area contributed by atoms with Crippen molar-refractivity contribution in [3.8, 4) is 0 Å². The Morgan fingerprint density at radius 3 is 2.63 bits per heavy atom. The maximum Gasteiger partial charge on any atom is 0.250 e. The zero-order valence-electron chi connectivity index (χ0n) is 20.5. The van der Waals surface area contributed by atoms with Crippen LogP contribution in [-0.4, -0.2) is 76.5 Å². The van der Waals surface area contributed by atoms with E-state index in [9.17, 15) is 4.79 Å². The lowest BCUT2D eigenvalue weighted by molar-refractivity contribution is -0.145. The number of nitrogens with one attached hydrogen (secondary N) is 2. The molecule has 9 nitrogen and oxygen atoms in total. The minimum absolute atomic E-state index is 0.0235. The second-order valence-electron chi connectivity index (χ2n) is 10.8. The number of halogens is 1. The smallest absolute Gasteiger partial charge is 0.250 e. The van der Waals surface area contributed by atoms with Gasteiger partial charge in [0.2, 0.25) is 11.9 Å². The number of hydrogen-bond donors (Lipinski definition) is 3. The first kappa shape index (κ1) is 24.3. The van der Waals surface area contributed by atoms with E-state index in [0.29, 0.717) is 31.1 Å². The van der Waals surface area contributed by atoms with Crippen molar-refractivity contribution in [3.05, 3.63) is 34.9 Å². The van der Waals surface area contributed by atoms with Crippen LogP contribution in [0.1, 0.15) is 45.1 Å². The minimum Gasteiger partial charge on any atom is -0.368 e. The van der Waals surface area contributed by atoms with Gasteiger partial charge in [-0.25, -0.2) is 5.10 Å². The molecule has 35 heavy (non-hydrogen) atoms. The van der Waals surface area contributed by atoms with Crippen molar-refractivity contribution in [3.63, 3.8) is 0 Å². The fourth-order valence-corrected chi connectivity index (χ4v) is 5.46. The first-order valence-corrected chi connectivity index (χ1v) is 13.0. The Morgan fingerprint density at radius 2 is 2.00 bits per heavy atom. The summed E-state index contributed by atoms with van der Waals surface area (Å²) in [6.07, 6.45) is 4.49. The predicted octanol–water partition coefficient (Wildman–Crippen LogP) is 2.63. The first-order valence-electron chi connectivity index (χ1n) is 12.6. The van der Waals surface area contributed by atoms with Crippen molar-refractivity contribution < 1.29 is 9.53 Å². The third-order valence-corrected chi connectivity index (χ3v) is 8.10. The number of amides is 1. The second kappa shape index (κ2) is 9.95. The summed E-state index contributed by atoms with van der Waals surface area (Å²) in [5.41, 5.74) is 7.18. The Balaban J connectivity index is 1.23. The molecule has 1 amide bonds. The number of aryl methyl sites for hydroxylation is 1. The number of carbonyl (C=O) groups is 1. The Hall–Kier alpha value is -2.36. The van der Waals surface area contributed by atoms with Crippen molar-refractivity contribution in [2.75, 3.05) is 36.9 Å². The van der Waals surface area contributed by atoms with Crippen molar-refractivity contribution in [1.29, 1.82) is 0 Å². The Bertz CT molecular complexity index is 1020. The Labute approximate surface area is 211 Å². The molecule has 3 fully saturated rings. The molecular formula is C25H36ClN7O2. The summed E-state index contributed by atoms with van der Waals surface area (Å²) >= 11 is 6.06.